The third-order valence-corrected chi connectivity index (χ3v) is 2.70. The molecule has 0 atom stereocenters. The summed E-state index contributed by atoms with van der Waals surface area (Å²) in [6.45, 7) is 4.47. The summed E-state index contributed by atoms with van der Waals surface area (Å²) >= 11 is 5.79. The molecular formula is C13H14ClF3O2. The number of Topliss-reactive ketones (excluding diaryl/α,β-unsaturated/α-hetero) is 1. The maximum absolute atomic E-state index is 12.2. The van der Waals surface area contributed by atoms with Crippen molar-refractivity contribution in [3.05, 3.63) is 28.8 Å². The molecule has 19 heavy (non-hydrogen) atoms. The number of alkyl halides is 3. The minimum atomic E-state index is -4.90. The van der Waals surface area contributed by atoms with Gasteiger partial charge in [0.1, 0.15) is 5.75 Å². The van der Waals surface area contributed by atoms with Gasteiger partial charge in [-0.25, -0.2) is 0 Å². The van der Waals surface area contributed by atoms with Crippen molar-refractivity contribution in [3.8, 4) is 5.75 Å². The molecule has 0 aliphatic carbocycles. The van der Waals surface area contributed by atoms with Crippen LogP contribution >= 0.6 is 11.6 Å². The average molecular weight is 295 g/mol. The van der Waals surface area contributed by atoms with E-state index in [0.29, 0.717) is 12.5 Å². The van der Waals surface area contributed by atoms with E-state index in [1.807, 2.05) is 13.8 Å². The zero-order valence-corrected chi connectivity index (χ0v) is 11.3. The highest BCUT2D eigenvalue weighted by molar-refractivity contribution is 6.32. The number of ether oxygens (including phenoxy) is 1. The molecule has 0 aromatic heterocycles. The average Bonchev–Trinajstić information content (AvgIpc) is 2.28. The first-order valence-electron chi connectivity index (χ1n) is 5.75. The van der Waals surface area contributed by atoms with Crippen LogP contribution in [0.2, 0.25) is 5.02 Å². The summed E-state index contributed by atoms with van der Waals surface area (Å²) in [4.78, 5) is 11.0. The van der Waals surface area contributed by atoms with E-state index in [4.69, 9.17) is 16.3 Å². The van der Waals surface area contributed by atoms with Crippen molar-refractivity contribution in [2.24, 2.45) is 5.92 Å². The molecule has 1 aromatic rings. The molecule has 0 radical (unpaired) electrons. The molecule has 0 aliphatic rings. The Balaban J connectivity index is 2.78. The standard InChI is InChI=1S/C13H14ClF3O2/c1-8(2)5-6-19-11-4-3-9(7-10(11)14)12(18)13(15,16)17/h3-4,7-8H,5-6H2,1-2H3. The summed E-state index contributed by atoms with van der Waals surface area (Å²) in [5, 5.41) is -0.00106. The first kappa shape index (κ1) is 15.8. The van der Waals surface area contributed by atoms with Crippen molar-refractivity contribution in [1.82, 2.24) is 0 Å². The lowest BCUT2D eigenvalue weighted by atomic mass is 10.1. The summed E-state index contributed by atoms with van der Waals surface area (Å²) in [6, 6.07) is 3.32. The van der Waals surface area contributed by atoms with Gasteiger partial charge in [-0.05, 0) is 30.5 Å². The normalized spacial score (nSPS) is 11.7. The first-order chi connectivity index (χ1) is 8.71. The molecule has 0 saturated carbocycles. The fourth-order valence-corrected chi connectivity index (χ4v) is 1.56. The summed E-state index contributed by atoms with van der Waals surface area (Å²) in [5.41, 5.74) is -0.492. The zero-order chi connectivity index (χ0) is 14.6. The lowest BCUT2D eigenvalue weighted by Crippen LogP contribution is -2.22. The largest absolute Gasteiger partial charge is 0.492 e. The molecule has 106 valence electrons. The molecule has 0 unspecified atom stereocenters. The number of carbonyl (C=O) groups excluding carboxylic acids is 1. The molecule has 1 aromatic carbocycles. The molecular weight excluding hydrogens is 281 g/mol. The molecule has 6 heteroatoms. The van der Waals surface area contributed by atoms with Gasteiger partial charge in [0.2, 0.25) is 0 Å². The van der Waals surface area contributed by atoms with E-state index in [9.17, 15) is 18.0 Å². The van der Waals surface area contributed by atoms with E-state index in [-0.39, 0.29) is 10.8 Å². The Morgan fingerprint density at radius 1 is 1.37 bits per heavy atom. The van der Waals surface area contributed by atoms with Crippen molar-refractivity contribution < 1.29 is 22.7 Å². The maximum Gasteiger partial charge on any atom is 0.454 e. The van der Waals surface area contributed by atoms with E-state index in [2.05, 4.69) is 0 Å². The van der Waals surface area contributed by atoms with Gasteiger partial charge >= 0.3 is 6.18 Å². The Morgan fingerprint density at radius 2 is 2.00 bits per heavy atom. The number of carbonyl (C=O) groups is 1. The van der Waals surface area contributed by atoms with Crippen LogP contribution in [0.4, 0.5) is 13.2 Å². The van der Waals surface area contributed by atoms with Crippen LogP contribution in [0.5, 0.6) is 5.75 Å². The summed E-state index contributed by atoms with van der Waals surface area (Å²) < 4.78 is 42.0. The third kappa shape index (κ3) is 4.74. The molecule has 0 saturated heterocycles. The van der Waals surface area contributed by atoms with Gasteiger partial charge in [0, 0.05) is 5.56 Å². The lowest BCUT2D eigenvalue weighted by Gasteiger charge is -2.11. The highest BCUT2D eigenvalue weighted by Gasteiger charge is 2.39. The Morgan fingerprint density at radius 3 is 2.47 bits per heavy atom. The van der Waals surface area contributed by atoms with Gasteiger partial charge in [-0.3, -0.25) is 4.79 Å². The van der Waals surface area contributed by atoms with Crippen LogP contribution in [-0.4, -0.2) is 18.6 Å². The zero-order valence-electron chi connectivity index (χ0n) is 10.6. The number of hydrogen-bond donors (Lipinski definition) is 0. The summed E-state index contributed by atoms with van der Waals surface area (Å²) in [7, 11) is 0. The number of hydrogen-bond acceptors (Lipinski definition) is 2. The highest BCUT2D eigenvalue weighted by Crippen LogP contribution is 2.29. The van der Waals surface area contributed by atoms with E-state index < -0.39 is 17.5 Å². The molecule has 0 spiro atoms. The maximum atomic E-state index is 12.2. The highest BCUT2D eigenvalue weighted by atomic mass is 35.5. The second kappa shape index (κ2) is 6.28. The van der Waals surface area contributed by atoms with Crippen molar-refractivity contribution in [1.29, 1.82) is 0 Å². The molecule has 0 N–H and O–H groups in total. The summed E-state index contributed by atoms with van der Waals surface area (Å²) in [6.07, 6.45) is -4.09. The Kier molecular flexibility index (Phi) is 5.23. The Bertz CT molecular complexity index is 456. The van der Waals surface area contributed by atoms with E-state index in [0.717, 1.165) is 18.6 Å². The molecule has 0 aliphatic heterocycles. The molecule has 0 bridgehead atoms. The van der Waals surface area contributed by atoms with Gasteiger partial charge in [0.15, 0.2) is 0 Å². The van der Waals surface area contributed by atoms with Crippen LogP contribution in [-0.2, 0) is 0 Å². The SMILES string of the molecule is CC(C)CCOc1ccc(C(=O)C(F)(F)F)cc1Cl. The summed E-state index contributed by atoms with van der Waals surface area (Å²) in [5.74, 6) is -1.19. The molecule has 2 nitrogen and oxygen atoms in total. The predicted molar refractivity (Wildman–Crippen MR) is 66.8 cm³/mol. The number of halogens is 4. The van der Waals surface area contributed by atoms with Gasteiger partial charge in [-0.1, -0.05) is 25.4 Å². The van der Waals surface area contributed by atoms with Gasteiger partial charge in [-0.2, -0.15) is 13.2 Å². The fraction of sp³-hybridized carbons (Fsp3) is 0.462. The quantitative estimate of drug-likeness (QED) is 0.747. The second-order valence-electron chi connectivity index (χ2n) is 4.50. The predicted octanol–water partition coefficient (Wildman–Crippen LogP) is 4.51. The smallest absolute Gasteiger partial charge is 0.454 e. The van der Waals surface area contributed by atoms with E-state index in [1.54, 1.807) is 0 Å². The number of benzene rings is 1. The van der Waals surface area contributed by atoms with Crippen LogP contribution in [0.1, 0.15) is 30.6 Å². The van der Waals surface area contributed by atoms with Crippen LogP contribution < -0.4 is 4.74 Å². The van der Waals surface area contributed by atoms with Crippen LogP contribution in [0, 0.1) is 5.92 Å². The van der Waals surface area contributed by atoms with Crippen molar-refractivity contribution in [2.75, 3.05) is 6.61 Å². The van der Waals surface area contributed by atoms with Gasteiger partial charge in [0.05, 0.1) is 11.6 Å². The number of rotatable bonds is 5. The molecule has 0 amide bonds. The Hall–Kier alpha value is -1.23. The van der Waals surface area contributed by atoms with E-state index in [1.165, 1.54) is 6.07 Å². The minimum absolute atomic E-state index is 0.00106. The topological polar surface area (TPSA) is 26.3 Å². The van der Waals surface area contributed by atoms with Crippen molar-refractivity contribution >= 4 is 17.4 Å². The van der Waals surface area contributed by atoms with Gasteiger partial charge in [-0.15, -0.1) is 0 Å². The van der Waals surface area contributed by atoms with Crippen LogP contribution in [0.25, 0.3) is 0 Å². The third-order valence-electron chi connectivity index (χ3n) is 2.40. The molecule has 1 rings (SSSR count). The van der Waals surface area contributed by atoms with Gasteiger partial charge < -0.3 is 4.74 Å². The Labute approximate surface area is 114 Å². The van der Waals surface area contributed by atoms with Crippen molar-refractivity contribution in [2.45, 2.75) is 26.4 Å². The minimum Gasteiger partial charge on any atom is -0.492 e. The van der Waals surface area contributed by atoms with Gasteiger partial charge in [0.25, 0.3) is 5.78 Å². The second-order valence-corrected chi connectivity index (χ2v) is 4.91. The molecule has 0 fully saturated rings. The lowest BCUT2D eigenvalue weighted by molar-refractivity contribution is -0.0885. The molecule has 0 heterocycles. The van der Waals surface area contributed by atoms with Crippen LogP contribution in [0.15, 0.2) is 18.2 Å². The van der Waals surface area contributed by atoms with Crippen LogP contribution in [0.3, 0.4) is 0 Å². The monoisotopic (exact) mass is 294 g/mol. The number of ketones is 1. The first-order valence-corrected chi connectivity index (χ1v) is 6.13. The van der Waals surface area contributed by atoms with E-state index >= 15 is 0 Å². The van der Waals surface area contributed by atoms with Crippen molar-refractivity contribution in [3.63, 3.8) is 0 Å². The fourth-order valence-electron chi connectivity index (χ4n) is 1.33.